The van der Waals surface area contributed by atoms with E-state index in [-0.39, 0.29) is 29.6 Å². The molecule has 2 aromatic heterocycles. The monoisotopic (exact) mass is 452 g/mol. The Hall–Kier alpha value is -4.38. The van der Waals surface area contributed by atoms with E-state index < -0.39 is 5.91 Å². The summed E-state index contributed by atoms with van der Waals surface area (Å²) in [5, 5.41) is 15.6. The molecule has 162 valence electrons. The fourth-order valence-corrected chi connectivity index (χ4v) is 3.00. The van der Waals surface area contributed by atoms with Crippen LogP contribution in [-0.2, 0) is 6.61 Å². The van der Waals surface area contributed by atoms with E-state index in [2.05, 4.69) is 42.7 Å². The first-order valence-electron chi connectivity index (χ1n) is 9.25. The molecule has 0 fully saturated rings. The lowest BCUT2D eigenvalue weighted by Gasteiger charge is -2.12. The summed E-state index contributed by atoms with van der Waals surface area (Å²) in [4.78, 5) is 12.9. The number of halogens is 1. The summed E-state index contributed by atoms with van der Waals surface area (Å²) in [5.74, 6) is 0.0545. The van der Waals surface area contributed by atoms with Gasteiger partial charge in [0.25, 0.3) is 5.91 Å². The number of ether oxygens (including phenoxy) is 1. The molecule has 0 saturated carbocycles. The van der Waals surface area contributed by atoms with Gasteiger partial charge in [-0.1, -0.05) is 59.8 Å². The highest BCUT2D eigenvalue weighted by atomic mass is 35.5. The molecule has 0 spiro atoms. The Morgan fingerprint density at radius 3 is 2.59 bits per heavy atom. The molecule has 0 aliphatic rings. The Morgan fingerprint density at radius 2 is 1.88 bits per heavy atom. The standard InChI is InChI=1S/C20H17ClN8O3/c1-12(14-9-5-6-10-15(14)21)23-25-20(30)17-16(11-31-13-7-3-2-4-8-13)29(28-24-17)19-18(22)26-32-27-19/h2-10,23H,1,11H2,(H2,22,26)(H,25,30). The molecular weight excluding hydrogens is 436 g/mol. The minimum absolute atomic E-state index is 0.0203. The largest absolute Gasteiger partial charge is 0.487 e. The van der Waals surface area contributed by atoms with Crippen LogP contribution in [-0.4, -0.2) is 31.2 Å². The van der Waals surface area contributed by atoms with Crippen LogP contribution in [0.4, 0.5) is 5.82 Å². The zero-order chi connectivity index (χ0) is 22.5. The SMILES string of the molecule is C=C(NNC(=O)c1nnn(-c2nonc2N)c1COc1ccccc1)c1ccccc1Cl. The van der Waals surface area contributed by atoms with Crippen LogP contribution >= 0.6 is 11.6 Å². The van der Waals surface area contributed by atoms with E-state index in [1.165, 1.54) is 4.68 Å². The van der Waals surface area contributed by atoms with Crippen LogP contribution in [0.5, 0.6) is 5.75 Å². The summed E-state index contributed by atoms with van der Waals surface area (Å²) >= 11 is 6.16. The number of nitrogen functional groups attached to an aromatic ring is 1. The van der Waals surface area contributed by atoms with Crippen molar-refractivity contribution in [1.29, 1.82) is 0 Å². The molecule has 2 heterocycles. The van der Waals surface area contributed by atoms with Crippen molar-refractivity contribution in [2.24, 2.45) is 0 Å². The molecule has 1 amide bonds. The number of carbonyl (C=O) groups excluding carboxylic acids is 1. The summed E-state index contributed by atoms with van der Waals surface area (Å²) in [6.45, 7) is 3.83. The number of para-hydroxylation sites is 1. The van der Waals surface area contributed by atoms with Crippen molar-refractivity contribution in [3.8, 4) is 11.6 Å². The first kappa shape index (κ1) is 20.9. The third-order valence-corrected chi connectivity index (χ3v) is 4.65. The van der Waals surface area contributed by atoms with Crippen molar-refractivity contribution in [2.75, 3.05) is 5.73 Å². The molecule has 4 N–H and O–H groups in total. The maximum atomic E-state index is 12.9. The highest BCUT2D eigenvalue weighted by Gasteiger charge is 2.24. The lowest BCUT2D eigenvalue weighted by Crippen LogP contribution is -2.36. The molecule has 0 aliphatic heterocycles. The molecule has 0 atom stereocenters. The summed E-state index contributed by atoms with van der Waals surface area (Å²) < 4.78 is 11.6. The fraction of sp³-hybridized carbons (Fsp3) is 0.0500. The van der Waals surface area contributed by atoms with E-state index in [0.29, 0.717) is 22.0 Å². The summed E-state index contributed by atoms with van der Waals surface area (Å²) in [6, 6.07) is 16.1. The van der Waals surface area contributed by atoms with Gasteiger partial charge in [0.2, 0.25) is 11.6 Å². The molecule has 0 unspecified atom stereocenters. The van der Waals surface area contributed by atoms with Crippen LogP contribution in [0.25, 0.3) is 11.5 Å². The summed E-state index contributed by atoms with van der Waals surface area (Å²) in [6.07, 6.45) is 0. The molecule has 0 radical (unpaired) electrons. The van der Waals surface area contributed by atoms with Crippen LogP contribution in [0, 0.1) is 0 Å². The number of hydrogen-bond acceptors (Lipinski definition) is 9. The Kier molecular flexibility index (Phi) is 5.99. The smallest absolute Gasteiger partial charge is 0.292 e. The second-order valence-electron chi connectivity index (χ2n) is 6.41. The first-order chi connectivity index (χ1) is 15.5. The van der Waals surface area contributed by atoms with E-state index in [0.717, 1.165) is 0 Å². The molecule has 12 heteroatoms. The highest BCUT2D eigenvalue weighted by Crippen LogP contribution is 2.21. The minimum Gasteiger partial charge on any atom is -0.487 e. The summed E-state index contributed by atoms with van der Waals surface area (Å²) in [5.41, 5.74) is 12.3. The Labute approximate surface area is 186 Å². The van der Waals surface area contributed by atoms with Crippen molar-refractivity contribution in [1.82, 2.24) is 36.2 Å². The van der Waals surface area contributed by atoms with Crippen LogP contribution in [0.15, 0.2) is 65.8 Å². The Morgan fingerprint density at radius 1 is 1.12 bits per heavy atom. The molecule has 32 heavy (non-hydrogen) atoms. The normalized spacial score (nSPS) is 10.5. The van der Waals surface area contributed by atoms with Crippen molar-refractivity contribution < 1.29 is 14.2 Å². The predicted octanol–water partition coefficient (Wildman–Crippen LogP) is 2.37. The van der Waals surface area contributed by atoms with Crippen LogP contribution in [0.2, 0.25) is 5.02 Å². The number of aromatic nitrogens is 5. The van der Waals surface area contributed by atoms with Gasteiger partial charge in [-0.25, -0.2) is 4.63 Å². The Bertz CT molecular complexity index is 1250. The van der Waals surface area contributed by atoms with Gasteiger partial charge in [0, 0.05) is 10.6 Å². The lowest BCUT2D eigenvalue weighted by atomic mass is 10.2. The van der Waals surface area contributed by atoms with E-state index >= 15 is 0 Å². The van der Waals surface area contributed by atoms with Gasteiger partial charge in [0.1, 0.15) is 18.1 Å². The predicted molar refractivity (Wildman–Crippen MR) is 115 cm³/mol. The van der Waals surface area contributed by atoms with Gasteiger partial charge in [0.05, 0.1) is 5.70 Å². The molecule has 4 rings (SSSR count). The molecule has 4 aromatic rings. The topological polar surface area (TPSA) is 146 Å². The number of amides is 1. The van der Waals surface area contributed by atoms with Gasteiger partial charge in [-0.05, 0) is 28.5 Å². The number of hydrazine groups is 1. The van der Waals surface area contributed by atoms with Gasteiger partial charge in [-0.15, -0.1) is 5.10 Å². The number of hydrogen-bond donors (Lipinski definition) is 3. The number of rotatable bonds is 8. The number of benzene rings is 2. The van der Waals surface area contributed by atoms with E-state index in [1.807, 2.05) is 18.2 Å². The van der Waals surface area contributed by atoms with Crippen molar-refractivity contribution in [3.05, 3.63) is 83.2 Å². The molecule has 2 aromatic carbocycles. The third-order valence-electron chi connectivity index (χ3n) is 4.32. The first-order valence-corrected chi connectivity index (χ1v) is 9.63. The number of anilines is 1. The average molecular weight is 453 g/mol. The zero-order valence-electron chi connectivity index (χ0n) is 16.5. The van der Waals surface area contributed by atoms with Gasteiger partial charge < -0.3 is 10.5 Å². The van der Waals surface area contributed by atoms with Crippen molar-refractivity contribution in [3.63, 3.8) is 0 Å². The molecule has 0 bridgehead atoms. The quantitative estimate of drug-likeness (QED) is 0.343. The van der Waals surface area contributed by atoms with Crippen molar-refractivity contribution in [2.45, 2.75) is 6.61 Å². The van der Waals surface area contributed by atoms with Gasteiger partial charge in [-0.3, -0.25) is 15.6 Å². The van der Waals surface area contributed by atoms with E-state index in [9.17, 15) is 4.79 Å². The van der Waals surface area contributed by atoms with Crippen LogP contribution < -0.4 is 21.3 Å². The fourth-order valence-electron chi connectivity index (χ4n) is 2.75. The maximum absolute atomic E-state index is 12.9. The lowest BCUT2D eigenvalue weighted by molar-refractivity contribution is 0.0934. The Balaban J connectivity index is 1.56. The third kappa shape index (κ3) is 4.37. The molecular formula is C20H17ClN8O3. The number of nitrogens with two attached hydrogens (primary N) is 1. The zero-order valence-corrected chi connectivity index (χ0v) is 17.3. The average Bonchev–Trinajstić information content (AvgIpc) is 3.42. The second-order valence-corrected chi connectivity index (χ2v) is 6.82. The van der Waals surface area contributed by atoms with Gasteiger partial charge >= 0.3 is 0 Å². The van der Waals surface area contributed by atoms with E-state index in [1.54, 1.807) is 36.4 Å². The molecule has 0 saturated heterocycles. The number of carbonyl (C=O) groups is 1. The molecule has 0 aliphatic carbocycles. The van der Waals surface area contributed by atoms with Gasteiger partial charge in [0.15, 0.2) is 5.69 Å². The van der Waals surface area contributed by atoms with E-state index in [4.69, 9.17) is 22.1 Å². The highest BCUT2D eigenvalue weighted by molar-refractivity contribution is 6.32. The van der Waals surface area contributed by atoms with Crippen LogP contribution in [0.1, 0.15) is 21.7 Å². The molecule has 11 nitrogen and oxygen atoms in total. The van der Waals surface area contributed by atoms with Gasteiger partial charge in [-0.2, -0.15) is 4.68 Å². The minimum atomic E-state index is -0.592. The van der Waals surface area contributed by atoms with Crippen LogP contribution in [0.3, 0.4) is 0 Å². The number of nitrogens with one attached hydrogen (secondary N) is 2. The second kappa shape index (κ2) is 9.18. The summed E-state index contributed by atoms with van der Waals surface area (Å²) in [7, 11) is 0. The number of nitrogens with zero attached hydrogens (tertiary/aromatic N) is 5. The van der Waals surface area contributed by atoms with Crippen molar-refractivity contribution >= 4 is 29.0 Å². The maximum Gasteiger partial charge on any atom is 0.292 e.